The molecule has 1 aromatic carbocycles. The average Bonchev–Trinajstić information content (AvgIpc) is 3.57. The van der Waals surface area contributed by atoms with E-state index in [1.54, 1.807) is 24.7 Å². The molecule has 5 rings (SSSR count). The Bertz CT molecular complexity index is 1420. The number of aromatic nitrogens is 1. The number of hydrogen-bond acceptors (Lipinski definition) is 8. The molecule has 4 aromatic rings. The molecule has 0 bridgehead atoms. The third kappa shape index (κ3) is 5.09. The van der Waals surface area contributed by atoms with Gasteiger partial charge in [0.2, 0.25) is 5.88 Å². The number of hydrogen-bond donors (Lipinski definition) is 1. The summed E-state index contributed by atoms with van der Waals surface area (Å²) < 4.78 is 17.5. The van der Waals surface area contributed by atoms with Crippen molar-refractivity contribution in [2.24, 2.45) is 0 Å². The van der Waals surface area contributed by atoms with E-state index in [4.69, 9.17) is 13.9 Å². The van der Waals surface area contributed by atoms with Crippen LogP contribution in [0.25, 0.3) is 22.4 Å². The summed E-state index contributed by atoms with van der Waals surface area (Å²) in [4.78, 5) is 18.8. The van der Waals surface area contributed by atoms with Crippen LogP contribution in [0.2, 0.25) is 0 Å². The number of halogens is 1. The lowest BCUT2D eigenvalue weighted by atomic mass is 10.0. The molecule has 36 heavy (non-hydrogen) atoms. The van der Waals surface area contributed by atoms with E-state index in [0.717, 1.165) is 32.8 Å². The summed E-state index contributed by atoms with van der Waals surface area (Å²) in [7, 11) is 0. The van der Waals surface area contributed by atoms with Gasteiger partial charge in [-0.15, -0.1) is 11.3 Å². The van der Waals surface area contributed by atoms with Gasteiger partial charge in [-0.2, -0.15) is 5.26 Å². The van der Waals surface area contributed by atoms with Crippen LogP contribution in [0.4, 0.5) is 5.69 Å². The third-order valence-electron chi connectivity index (χ3n) is 5.81. The van der Waals surface area contributed by atoms with Crippen LogP contribution in [0, 0.1) is 14.2 Å². The first kappa shape index (κ1) is 24.3. The minimum Gasteiger partial charge on any atom is -0.477 e. The standard InChI is InChI=1S/C26H20IN3O5S/c27-23-11-18(24(36-23)26(31)32)15-35-25-21(13-28)20(17-5-8-34-14-17)12-22(29-25)16-1-3-19(4-2-16)30-6-9-33-10-7-30/h1-5,8,11-12,14H,6-7,9-10,15H2,(H,31,32). The van der Waals surface area contributed by atoms with Crippen LogP contribution < -0.4 is 9.64 Å². The number of carboxylic acids is 1. The van der Waals surface area contributed by atoms with Crippen LogP contribution in [0.1, 0.15) is 20.8 Å². The Hall–Kier alpha value is -3.40. The van der Waals surface area contributed by atoms with Crippen molar-refractivity contribution in [1.82, 2.24) is 4.98 Å². The molecule has 0 spiro atoms. The van der Waals surface area contributed by atoms with Crippen molar-refractivity contribution < 1.29 is 23.8 Å². The van der Waals surface area contributed by atoms with Crippen molar-refractivity contribution in [2.45, 2.75) is 6.61 Å². The molecule has 1 aliphatic rings. The van der Waals surface area contributed by atoms with E-state index >= 15 is 0 Å². The van der Waals surface area contributed by atoms with Gasteiger partial charge >= 0.3 is 5.97 Å². The molecule has 4 heterocycles. The Kier molecular flexibility index (Phi) is 7.22. The molecule has 1 N–H and O–H groups in total. The lowest BCUT2D eigenvalue weighted by Crippen LogP contribution is -2.36. The Morgan fingerprint density at radius 3 is 2.64 bits per heavy atom. The number of anilines is 1. The zero-order chi connectivity index (χ0) is 25.1. The molecule has 3 aromatic heterocycles. The molecule has 0 saturated carbocycles. The molecule has 0 radical (unpaired) electrons. The van der Waals surface area contributed by atoms with Gasteiger partial charge in [0.15, 0.2) is 0 Å². The first-order valence-corrected chi connectivity index (χ1v) is 13.0. The monoisotopic (exact) mass is 613 g/mol. The van der Waals surface area contributed by atoms with Gasteiger partial charge in [-0.25, -0.2) is 9.78 Å². The first-order valence-electron chi connectivity index (χ1n) is 11.1. The quantitative estimate of drug-likeness (QED) is 0.266. The Balaban J connectivity index is 1.52. The number of nitriles is 1. The van der Waals surface area contributed by atoms with E-state index in [-0.39, 0.29) is 22.9 Å². The molecule has 0 unspecified atom stereocenters. The molecule has 1 saturated heterocycles. The van der Waals surface area contributed by atoms with Gasteiger partial charge in [-0.1, -0.05) is 12.1 Å². The number of morpholine rings is 1. The summed E-state index contributed by atoms with van der Waals surface area (Å²) in [6.45, 7) is 3.09. The van der Waals surface area contributed by atoms with Gasteiger partial charge in [-0.3, -0.25) is 0 Å². The number of aromatic carboxylic acids is 1. The molecular weight excluding hydrogens is 593 g/mol. The SMILES string of the molecule is N#Cc1c(-c2ccoc2)cc(-c2ccc(N3CCOCC3)cc2)nc1OCc1cc(I)sc1C(=O)O. The number of furan rings is 1. The van der Waals surface area contributed by atoms with E-state index in [2.05, 4.69) is 38.5 Å². The van der Waals surface area contributed by atoms with Crippen molar-refractivity contribution in [3.63, 3.8) is 0 Å². The number of nitrogens with zero attached hydrogens (tertiary/aromatic N) is 3. The summed E-state index contributed by atoms with van der Waals surface area (Å²) in [5, 5.41) is 19.5. The summed E-state index contributed by atoms with van der Waals surface area (Å²) in [5.41, 5.74) is 4.74. The smallest absolute Gasteiger partial charge is 0.346 e. The lowest BCUT2D eigenvalue weighted by molar-refractivity contribution is 0.0699. The number of benzene rings is 1. The molecule has 1 fully saturated rings. The van der Waals surface area contributed by atoms with E-state index in [9.17, 15) is 15.2 Å². The summed E-state index contributed by atoms with van der Waals surface area (Å²) in [5.74, 6) is -0.871. The Labute approximate surface area is 224 Å². The van der Waals surface area contributed by atoms with E-state index in [0.29, 0.717) is 30.0 Å². The first-order chi connectivity index (χ1) is 17.5. The van der Waals surface area contributed by atoms with Crippen molar-refractivity contribution in [1.29, 1.82) is 5.26 Å². The average molecular weight is 613 g/mol. The largest absolute Gasteiger partial charge is 0.477 e. The maximum absolute atomic E-state index is 11.6. The second-order valence-corrected chi connectivity index (χ2v) is 11.0. The van der Waals surface area contributed by atoms with Gasteiger partial charge in [-0.05, 0) is 52.9 Å². The van der Waals surface area contributed by atoms with Crippen LogP contribution >= 0.6 is 33.9 Å². The second-order valence-electron chi connectivity index (χ2n) is 8.00. The number of ether oxygens (including phenoxy) is 2. The third-order valence-corrected chi connectivity index (χ3v) is 7.73. The normalized spacial score (nSPS) is 13.4. The molecule has 1 aliphatic heterocycles. The summed E-state index contributed by atoms with van der Waals surface area (Å²) in [6.07, 6.45) is 3.11. The van der Waals surface area contributed by atoms with Gasteiger partial charge in [0.05, 0.1) is 34.3 Å². The number of carboxylic acid groups (broad SMARTS) is 1. The molecule has 10 heteroatoms. The van der Waals surface area contributed by atoms with Crippen LogP contribution in [0.5, 0.6) is 5.88 Å². The molecule has 0 amide bonds. The van der Waals surface area contributed by atoms with E-state index in [1.807, 2.05) is 30.3 Å². The zero-order valence-corrected chi connectivity index (χ0v) is 21.9. The van der Waals surface area contributed by atoms with E-state index in [1.165, 1.54) is 11.3 Å². The van der Waals surface area contributed by atoms with Crippen molar-refractivity contribution in [2.75, 3.05) is 31.2 Å². The highest BCUT2D eigenvalue weighted by atomic mass is 127. The van der Waals surface area contributed by atoms with Crippen LogP contribution in [0.15, 0.2) is 59.4 Å². The van der Waals surface area contributed by atoms with Gasteiger partial charge in [0, 0.05) is 41.0 Å². The molecule has 182 valence electrons. The predicted molar refractivity (Wildman–Crippen MR) is 143 cm³/mol. The zero-order valence-electron chi connectivity index (χ0n) is 18.9. The number of rotatable bonds is 7. The van der Waals surface area contributed by atoms with Gasteiger partial charge in [0.25, 0.3) is 0 Å². The Morgan fingerprint density at radius 2 is 1.97 bits per heavy atom. The van der Waals surface area contributed by atoms with Gasteiger partial charge < -0.3 is 23.9 Å². The second kappa shape index (κ2) is 10.7. The highest BCUT2D eigenvalue weighted by Gasteiger charge is 2.20. The topological polar surface area (TPSA) is 109 Å². The van der Waals surface area contributed by atoms with Gasteiger partial charge in [0.1, 0.15) is 23.1 Å². The molecule has 8 nitrogen and oxygen atoms in total. The highest BCUT2D eigenvalue weighted by molar-refractivity contribution is 14.1. The number of pyridine rings is 1. The van der Waals surface area contributed by atoms with Crippen LogP contribution in [-0.4, -0.2) is 42.4 Å². The maximum Gasteiger partial charge on any atom is 0.346 e. The number of carbonyl (C=O) groups is 1. The minimum absolute atomic E-state index is 0.0208. The summed E-state index contributed by atoms with van der Waals surface area (Å²) >= 11 is 3.26. The highest BCUT2D eigenvalue weighted by Crippen LogP contribution is 2.35. The molecular formula is C26H20IN3O5S. The molecule has 0 atom stereocenters. The molecule has 0 aliphatic carbocycles. The van der Waals surface area contributed by atoms with Crippen LogP contribution in [0.3, 0.4) is 0 Å². The van der Waals surface area contributed by atoms with Crippen LogP contribution in [-0.2, 0) is 11.3 Å². The van der Waals surface area contributed by atoms with Crippen molar-refractivity contribution in [3.05, 3.63) is 73.9 Å². The number of thiophene rings is 1. The van der Waals surface area contributed by atoms with Crippen molar-refractivity contribution in [3.8, 4) is 34.3 Å². The van der Waals surface area contributed by atoms with E-state index < -0.39 is 5.97 Å². The summed E-state index contributed by atoms with van der Waals surface area (Å²) in [6, 6.07) is 15.7. The fourth-order valence-electron chi connectivity index (χ4n) is 4.02. The Morgan fingerprint density at radius 1 is 1.19 bits per heavy atom. The lowest BCUT2D eigenvalue weighted by Gasteiger charge is -2.28. The van der Waals surface area contributed by atoms with Crippen molar-refractivity contribution >= 4 is 45.6 Å². The fourth-order valence-corrected chi connectivity index (χ4v) is 5.79. The minimum atomic E-state index is -1.01. The fraction of sp³-hybridized carbons (Fsp3) is 0.192. The maximum atomic E-state index is 11.6. The predicted octanol–water partition coefficient (Wildman–Crippen LogP) is 5.66.